The topological polar surface area (TPSA) is 87.7 Å². The van der Waals surface area contributed by atoms with Gasteiger partial charge < -0.3 is 20.5 Å². The first-order valence-electron chi connectivity index (χ1n) is 5.81. The number of carbonyl (C=O) groups excluding carboxylic acids is 1. The summed E-state index contributed by atoms with van der Waals surface area (Å²) in [5.74, 6) is -1.72. The number of hydrogen-bond acceptors (Lipinski definition) is 3. The summed E-state index contributed by atoms with van der Waals surface area (Å²) in [5, 5.41) is 14.7. The number of nitrogens with one attached hydrogen (secondary N) is 2. The van der Waals surface area contributed by atoms with Crippen molar-refractivity contribution in [3.63, 3.8) is 0 Å². The quantitative estimate of drug-likeness (QED) is 0.769. The SMILES string of the molecule is O=C(Nc1cccc(Cl)c1Br)NC1COCC1C(=O)O. The fraction of sp³-hybridized carbons (Fsp3) is 0.333. The lowest BCUT2D eigenvalue weighted by atomic mass is 10.0. The Morgan fingerprint density at radius 3 is 2.85 bits per heavy atom. The predicted molar refractivity (Wildman–Crippen MR) is 77.0 cm³/mol. The molecule has 0 aromatic heterocycles. The van der Waals surface area contributed by atoms with Crippen LogP contribution in [0.25, 0.3) is 0 Å². The number of carbonyl (C=O) groups is 2. The molecule has 1 aliphatic heterocycles. The molecule has 8 heteroatoms. The molecule has 0 saturated carbocycles. The summed E-state index contributed by atoms with van der Waals surface area (Å²) in [4.78, 5) is 22.8. The Morgan fingerprint density at radius 2 is 2.15 bits per heavy atom. The summed E-state index contributed by atoms with van der Waals surface area (Å²) in [5.41, 5.74) is 0.501. The van der Waals surface area contributed by atoms with Gasteiger partial charge in [-0.15, -0.1) is 0 Å². The van der Waals surface area contributed by atoms with Gasteiger partial charge in [-0.3, -0.25) is 4.79 Å². The first-order valence-corrected chi connectivity index (χ1v) is 6.98. The Morgan fingerprint density at radius 1 is 1.40 bits per heavy atom. The van der Waals surface area contributed by atoms with Crippen molar-refractivity contribution in [1.29, 1.82) is 0 Å². The minimum absolute atomic E-state index is 0.0984. The number of hydrogen-bond donors (Lipinski definition) is 3. The maximum absolute atomic E-state index is 11.9. The van der Waals surface area contributed by atoms with E-state index in [1.54, 1.807) is 18.2 Å². The molecule has 1 aromatic rings. The van der Waals surface area contributed by atoms with E-state index in [1.165, 1.54) is 0 Å². The number of rotatable bonds is 3. The zero-order valence-electron chi connectivity index (χ0n) is 10.2. The molecule has 2 unspecified atom stereocenters. The zero-order chi connectivity index (χ0) is 14.7. The van der Waals surface area contributed by atoms with E-state index in [2.05, 4.69) is 26.6 Å². The van der Waals surface area contributed by atoms with Crippen molar-refractivity contribution in [1.82, 2.24) is 5.32 Å². The molecule has 108 valence electrons. The lowest BCUT2D eigenvalue weighted by molar-refractivity contribution is -0.142. The molecule has 6 nitrogen and oxygen atoms in total. The van der Waals surface area contributed by atoms with Crippen molar-refractivity contribution in [3.8, 4) is 0 Å². The number of ether oxygens (including phenoxy) is 1. The van der Waals surface area contributed by atoms with Gasteiger partial charge in [0.15, 0.2) is 0 Å². The van der Waals surface area contributed by atoms with E-state index >= 15 is 0 Å². The van der Waals surface area contributed by atoms with Gasteiger partial charge in [-0.05, 0) is 28.1 Å². The molecular weight excluding hydrogens is 351 g/mol. The second kappa shape index (κ2) is 6.43. The van der Waals surface area contributed by atoms with Crippen LogP contribution in [0, 0.1) is 5.92 Å². The molecule has 1 aliphatic rings. The maximum atomic E-state index is 11.9. The molecule has 0 bridgehead atoms. The van der Waals surface area contributed by atoms with Gasteiger partial charge in [0.1, 0.15) is 5.92 Å². The number of anilines is 1. The van der Waals surface area contributed by atoms with Crippen LogP contribution < -0.4 is 10.6 Å². The molecule has 1 saturated heterocycles. The first-order chi connectivity index (χ1) is 9.49. The second-order valence-electron chi connectivity index (χ2n) is 4.29. The van der Waals surface area contributed by atoms with Crippen LogP contribution in [0.1, 0.15) is 0 Å². The van der Waals surface area contributed by atoms with Gasteiger partial charge in [0, 0.05) is 0 Å². The van der Waals surface area contributed by atoms with Crippen molar-refractivity contribution in [2.24, 2.45) is 5.92 Å². The van der Waals surface area contributed by atoms with Crippen LogP contribution in [-0.2, 0) is 9.53 Å². The van der Waals surface area contributed by atoms with Gasteiger partial charge in [-0.2, -0.15) is 0 Å². The number of carboxylic acids is 1. The van der Waals surface area contributed by atoms with Crippen molar-refractivity contribution in [2.45, 2.75) is 6.04 Å². The Bertz CT molecular complexity index is 540. The molecule has 2 amide bonds. The van der Waals surface area contributed by atoms with Crippen molar-refractivity contribution < 1.29 is 19.4 Å². The van der Waals surface area contributed by atoms with Crippen LogP contribution >= 0.6 is 27.5 Å². The van der Waals surface area contributed by atoms with Crippen LogP contribution in [0.2, 0.25) is 5.02 Å². The van der Waals surface area contributed by atoms with E-state index in [0.29, 0.717) is 15.2 Å². The van der Waals surface area contributed by atoms with E-state index in [-0.39, 0.29) is 13.2 Å². The van der Waals surface area contributed by atoms with Crippen molar-refractivity contribution >= 4 is 45.2 Å². The van der Waals surface area contributed by atoms with E-state index in [1.807, 2.05) is 0 Å². The zero-order valence-corrected chi connectivity index (χ0v) is 12.6. The Hall–Kier alpha value is -1.31. The van der Waals surface area contributed by atoms with Gasteiger partial charge in [-0.25, -0.2) is 4.79 Å². The fourth-order valence-electron chi connectivity index (χ4n) is 1.87. The number of halogens is 2. The number of aliphatic carboxylic acids is 1. The minimum Gasteiger partial charge on any atom is -0.481 e. The molecule has 3 N–H and O–H groups in total. The molecule has 20 heavy (non-hydrogen) atoms. The van der Waals surface area contributed by atoms with Crippen LogP contribution in [0.5, 0.6) is 0 Å². The van der Waals surface area contributed by atoms with E-state index in [9.17, 15) is 9.59 Å². The predicted octanol–water partition coefficient (Wildman–Crippen LogP) is 2.32. The lowest BCUT2D eigenvalue weighted by Crippen LogP contribution is -2.44. The lowest BCUT2D eigenvalue weighted by Gasteiger charge is -2.16. The highest BCUT2D eigenvalue weighted by molar-refractivity contribution is 9.10. The minimum atomic E-state index is -0.989. The molecule has 0 radical (unpaired) electrons. The number of carboxylic acid groups (broad SMARTS) is 1. The molecule has 0 spiro atoms. The van der Waals surface area contributed by atoms with Gasteiger partial charge in [0.05, 0.1) is 34.4 Å². The van der Waals surface area contributed by atoms with Crippen LogP contribution in [-0.4, -0.2) is 36.4 Å². The molecule has 1 fully saturated rings. The van der Waals surface area contributed by atoms with Gasteiger partial charge in [-0.1, -0.05) is 17.7 Å². The smallest absolute Gasteiger partial charge is 0.319 e. The standard InChI is InChI=1S/C12H12BrClN2O4/c13-10-7(14)2-1-3-8(10)15-12(19)16-9-5-20-4-6(9)11(17)18/h1-3,6,9H,4-5H2,(H,17,18)(H2,15,16,19). The summed E-state index contributed by atoms with van der Waals surface area (Å²) in [7, 11) is 0. The largest absolute Gasteiger partial charge is 0.481 e. The molecule has 1 aromatic carbocycles. The Balaban J connectivity index is 1.99. The monoisotopic (exact) mass is 362 g/mol. The number of amides is 2. The third kappa shape index (κ3) is 3.41. The van der Waals surface area contributed by atoms with E-state index in [4.69, 9.17) is 21.4 Å². The molecule has 2 atom stereocenters. The Kier molecular flexibility index (Phi) is 4.85. The summed E-state index contributed by atoms with van der Waals surface area (Å²) in [6.07, 6.45) is 0. The maximum Gasteiger partial charge on any atom is 0.319 e. The van der Waals surface area contributed by atoms with Crippen LogP contribution in [0.4, 0.5) is 10.5 Å². The van der Waals surface area contributed by atoms with Crippen LogP contribution in [0.3, 0.4) is 0 Å². The highest BCUT2D eigenvalue weighted by Gasteiger charge is 2.35. The number of urea groups is 1. The molecular formula is C12H12BrClN2O4. The molecule has 0 aliphatic carbocycles. The highest BCUT2D eigenvalue weighted by Crippen LogP contribution is 2.30. The molecule has 1 heterocycles. The normalized spacial score (nSPS) is 21.5. The Labute approximate surface area is 128 Å². The summed E-state index contributed by atoms with van der Waals surface area (Å²) < 4.78 is 5.64. The third-order valence-corrected chi connectivity index (χ3v) is 4.31. The summed E-state index contributed by atoms with van der Waals surface area (Å²) >= 11 is 9.18. The molecule has 2 rings (SSSR count). The average Bonchev–Trinajstić information content (AvgIpc) is 2.83. The van der Waals surface area contributed by atoms with Crippen molar-refractivity contribution in [3.05, 3.63) is 27.7 Å². The van der Waals surface area contributed by atoms with Gasteiger partial charge >= 0.3 is 12.0 Å². The first kappa shape index (κ1) is 15.1. The third-order valence-electron chi connectivity index (χ3n) is 2.91. The van der Waals surface area contributed by atoms with Crippen LogP contribution in [0.15, 0.2) is 22.7 Å². The van der Waals surface area contributed by atoms with Gasteiger partial charge in [0.25, 0.3) is 0 Å². The summed E-state index contributed by atoms with van der Waals surface area (Å²) in [6, 6.07) is 4.00. The highest BCUT2D eigenvalue weighted by atomic mass is 79.9. The summed E-state index contributed by atoms with van der Waals surface area (Å²) in [6.45, 7) is 0.280. The van der Waals surface area contributed by atoms with Gasteiger partial charge in [0.2, 0.25) is 0 Å². The average molecular weight is 364 g/mol. The van der Waals surface area contributed by atoms with E-state index < -0.39 is 24.0 Å². The van der Waals surface area contributed by atoms with E-state index in [0.717, 1.165) is 0 Å². The second-order valence-corrected chi connectivity index (χ2v) is 5.49. The number of benzene rings is 1. The fourth-order valence-corrected chi connectivity index (χ4v) is 2.41. The van der Waals surface area contributed by atoms with Crippen molar-refractivity contribution in [2.75, 3.05) is 18.5 Å².